The molecule has 0 fully saturated rings. The van der Waals surface area contributed by atoms with Crippen LogP contribution in [0.1, 0.15) is 66.4 Å². The predicted molar refractivity (Wildman–Crippen MR) is 84.2 cm³/mol. The number of rotatable bonds is 4. The van der Waals surface area contributed by atoms with Crippen molar-refractivity contribution in [2.45, 2.75) is 71.8 Å². The average molecular weight is 279 g/mol. The Balaban J connectivity index is 3.24. The van der Waals surface area contributed by atoms with Crippen LogP contribution in [-0.2, 0) is 10.8 Å². The minimum absolute atomic E-state index is 0.0275. The van der Waals surface area contributed by atoms with E-state index in [-0.39, 0.29) is 23.5 Å². The molecule has 0 amide bonds. The molecule has 0 saturated carbocycles. The molecule has 0 unspecified atom stereocenters. The first-order valence-corrected chi connectivity index (χ1v) is 7.35. The molecule has 0 radical (unpaired) electrons. The number of nitrogens with one attached hydrogen (secondary N) is 1. The highest BCUT2D eigenvalue weighted by molar-refractivity contribution is 5.40. The number of hydrogen-bond acceptors (Lipinski definition) is 4. The summed E-state index contributed by atoms with van der Waals surface area (Å²) < 4.78 is 0. The quantitative estimate of drug-likeness (QED) is 0.888. The largest absolute Gasteiger partial charge is 0.394 e. The number of nitrogens with zero attached hydrogens (tertiary/aromatic N) is 2. The highest BCUT2D eigenvalue weighted by atomic mass is 16.3. The number of aromatic nitrogens is 2. The van der Waals surface area contributed by atoms with Crippen LogP contribution >= 0.6 is 0 Å². The normalized spacial score (nSPS) is 14.2. The van der Waals surface area contributed by atoms with E-state index in [1.165, 1.54) is 0 Å². The molecule has 1 atom stereocenters. The minimum Gasteiger partial charge on any atom is -0.394 e. The Labute approximate surface area is 123 Å². The van der Waals surface area contributed by atoms with E-state index >= 15 is 0 Å². The van der Waals surface area contributed by atoms with Crippen molar-refractivity contribution in [3.63, 3.8) is 0 Å². The molecule has 1 heterocycles. The summed E-state index contributed by atoms with van der Waals surface area (Å²) in [5.41, 5.74) is 0.895. The molecule has 0 bridgehead atoms. The van der Waals surface area contributed by atoms with Crippen LogP contribution in [0.3, 0.4) is 0 Å². The van der Waals surface area contributed by atoms with Crippen LogP contribution in [0, 0.1) is 0 Å². The molecule has 114 valence electrons. The predicted octanol–water partition coefficient (Wildman–Crippen LogP) is 3.25. The van der Waals surface area contributed by atoms with Gasteiger partial charge >= 0.3 is 0 Å². The Morgan fingerprint density at radius 1 is 1.10 bits per heavy atom. The Hall–Kier alpha value is -1.16. The second-order valence-corrected chi connectivity index (χ2v) is 7.39. The van der Waals surface area contributed by atoms with E-state index in [1.807, 2.05) is 13.0 Å². The summed E-state index contributed by atoms with van der Waals surface area (Å²) in [6.45, 7) is 14.9. The van der Waals surface area contributed by atoms with Gasteiger partial charge in [0, 0.05) is 16.9 Å². The van der Waals surface area contributed by atoms with E-state index in [4.69, 9.17) is 4.98 Å². The molecule has 1 aromatic rings. The third kappa shape index (κ3) is 4.44. The maximum absolute atomic E-state index is 9.34. The second kappa shape index (κ2) is 6.08. The van der Waals surface area contributed by atoms with Gasteiger partial charge in [-0.05, 0) is 6.42 Å². The third-order valence-corrected chi connectivity index (χ3v) is 3.23. The lowest BCUT2D eigenvalue weighted by Gasteiger charge is -2.25. The van der Waals surface area contributed by atoms with Gasteiger partial charge in [0.15, 0.2) is 0 Å². The maximum Gasteiger partial charge on any atom is 0.136 e. The Morgan fingerprint density at radius 3 is 2.10 bits per heavy atom. The molecule has 0 aromatic carbocycles. The van der Waals surface area contributed by atoms with Gasteiger partial charge in [-0.2, -0.15) is 0 Å². The molecule has 0 saturated heterocycles. The smallest absolute Gasteiger partial charge is 0.136 e. The number of hydrogen-bond donors (Lipinski definition) is 2. The summed E-state index contributed by atoms with van der Waals surface area (Å²) in [5, 5.41) is 12.6. The summed E-state index contributed by atoms with van der Waals surface area (Å²) in [7, 11) is 0. The summed E-state index contributed by atoms with van der Waals surface area (Å²) in [6.07, 6.45) is 0.857. The van der Waals surface area contributed by atoms with E-state index in [1.54, 1.807) is 0 Å². The van der Waals surface area contributed by atoms with Gasteiger partial charge < -0.3 is 10.4 Å². The van der Waals surface area contributed by atoms with Crippen LogP contribution in [0.5, 0.6) is 0 Å². The van der Waals surface area contributed by atoms with Crippen LogP contribution in [0.25, 0.3) is 0 Å². The fourth-order valence-electron chi connectivity index (χ4n) is 1.73. The zero-order valence-electron chi connectivity index (χ0n) is 13.9. The van der Waals surface area contributed by atoms with Gasteiger partial charge in [0.25, 0.3) is 0 Å². The highest BCUT2D eigenvalue weighted by Crippen LogP contribution is 2.27. The van der Waals surface area contributed by atoms with Gasteiger partial charge in [0.05, 0.1) is 18.3 Å². The van der Waals surface area contributed by atoms with Crippen molar-refractivity contribution in [1.82, 2.24) is 9.97 Å². The molecular formula is C16H29N3O. The molecule has 0 spiro atoms. The number of aliphatic hydroxyl groups excluding tert-OH is 1. The minimum atomic E-state index is -0.0986. The summed E-state index contributed by atoms with van der Waals surface area (Å²) in [4.78, 5) is 9.34. The first-order chi connectivity index (χ1) is 9.07. The van der Waals surface area contributed by atoms with E-state index in [0.29, 0.717) is 0 Å². The molecule has 4 nitrogen and oxygen atoms in total. The molecule has 4 heteroatoms. The van der Waals surface area contributed by atoms with Crippen molar-refractivity contribution >= 4 is 5.82 Å². The standard InChI is InChI=1S/C16H29N3O/c1-8-11(10-20)17-13-9-12(15(2,3)4)18-14(19-13)16(5,6)7/h9,11,20H,8,10H2,1-7H3,(H,17,18,19)/t11-/m1/s1. The van der Waals surface area contributed by atoms with Crippen molar-refractivity contribution in [1.29, 1.82) is 0 Å². The molecule has 0 aliphatic rings. The fourth-order valence-corrected chi connectivity index (χ4v) is 1.73. The van der Waals surface area contributed by atoms with Crippen LogP contribution in [0.2, 0.25) is 0 Å². The first kappa shape index (κ1) is 16.9. The van der Waals surface area contributed by atoms with Gasteiger partial charge in [-0.3, -0.25) is 0 Å². The van der Waals surface area contributed by atoms with E-state index in [9.17, 15) is 5.11 Å². The Morgan fingerprint density at radius 2 is 1.70 bits per heavy atom. The Kier molecular flexibility index (Phi) is 5.14. The Bertz CT molecular complexity index is 408. The lowest BCUT2D eigenvalue weighted by atomic mass is 9.90. The lowest BCUT2D eigenvalue weighted by molar-refractivity contribution is 0.271. The third-order valence-electron chi connectivity index (χ3n) is 3.23. The van der Waals surface area contributed by atoms with E-state index in [2.05, 4.69) is 51.8 Å². The molecule has 2 N–H and O–H groups in total. The van der Waals surface area contributed by atoms with Gasteiger partial charge in [0.1, 0.15) is 11.6 Å². The number of aliphatic hydroxyl groups is 1. The van der Waals surface area contributed by atoms with Crippen molar-refractivity contribution in [2.75, 3.05) is 11.9 Å². The van der Waals surface area contributed by atoms with E-state index < -0.39 is 0 Å². The zero-order chi connectivity index (χ0) is 15.6. The van der Waals surface area contributed by atoms with Gasteiger partial charge in [0.2, 0.25) is 0 Å². The van der Waals surface area contributed by atoms with Crippen molar-refractivity contribution in [3.8, 4) is 0 Å². The van der Waals surface area contributed by atoms with Crippen molar-refractivity contribution < 1.29 is 5.11 Å². The molecule has 0 aliphatic carbocycles. The number of anilines is 1. The molecule has 0 aliphatic heterocycles. The summed E-state index contributed by atoms with van der Waals surface area (Å²) >= 11 is 0. The molecule has 1 rings (SSSR count). The molecule has 1 aromatic heterocycles. The first-order valence-electron chi connectivity index (χ1n) is 7.35. The van der Waals surface area contributed by atoms with Crippen LogP contribution in [0.15, 0.2) is 6.07 Å². The van der Waals surface area contributed by atoms with Crippen molar-refractivity contribution in [2.24, 2.45) is 0 Å². The molecular weight excluding hydrogens is 250 g/mol. The highest BCUT2D eigenvalue weighted by Gasteiger charge is 2.24. The van der Waals surface area contributed by atoms with Gasteiger partial charge in [-0.1, -0.05) is 48.5 Å². The van der Waals surface area contributed by atoms with E-state index in [0.717, 1.165) is 23.8 Å². The monoisotopic (exact) mass is 279 g/mol. The van der Waals surface area contributed by atoms with Crippen LogP contribution < -0.4 is 5.32 Å². The van der Waals surface area contributed by atoms with Gasteiger partial charge in [-0.25, -0.2) is 9.97 Å². The lowest BCUT2D eigenvalue weighted by Crippen LogP contribution is -2.27. The van der Waals surface area contributed by atoms with Crippen molar-refractivity contribution in [3.05, 3.63) is 17.6 Å². The van der Waals surface area contributed by atoms with Gasteiger partial charge in [-0.15, -0.1) is 0 Å². The topological polar surface area (TPSA) is 58.0 Å². The average Bonchev–Trinajstić information content (AvgIpc) is 2.33. The summed E-state index contributed by atoms with van der Waals surface area (Å²) in [6, 6.07) is 2.03. The zero-order valence-corrected chi connectivity index (χ0v) is 13.9. The SMILES string of the molecule is CC[C@H](CO)Nc1cc(C(C)(C)C)nc(C(C)(C)C)n1. The van der Waals surface area contributed by atoms with Crippen LogP contribution in [0.4, 0.5) is 5.82 Å². The summed E-state index contributed by atoms with van der Waals surface area (Å²) in [5.74, 6) is 1.64. The fraction of sp³-hybridized carbons (Fsp3) is 0.750. The molecule has 20 heavy (non-hydrogen) atoms. The second-order valence-electron chi connectivity index (χ2n) is 7.39. The van der Waals surface area contributed by atoms with Crippen LogP contribution in [-0.4, -0.2) is 27.7 Å². The maximum atomic E-state index is 9.34.